The van der Waals surface area contributed by atoms with Gasteiger partial charge in [-0.3, -0.25) is 4.79 Å². The molecule has 7 heteroatoms. The lowest BCUT2D eigenvalue weighted by atomic mass is 10.0. The minimum atomic E-state index is -4.42. The van der Waals surface area contributed by atoms with Crippen LogP contribution in [0, 0.1) is 5.92 Å². The lowest BCUT2D eigenvalue weighted by molar-refractivity contribution is -0.137. The molecule has 2 rings (SSSR count). The highest BCUT2D eigenvalue weighted by molar-refractivity contribution is 5.79. The van der Waals surface area contributed by atoms with Gasteiger partial charge < -0.3 is 9.88 Å². The Bertz CT molecular complexity index is 707. The monoisotopic (exact) mass is 339 g/mol. The van der Waals surface area contributed by atoms with E-state index in [1.165, 1.54) is 12.1 Å². The van der Waals surface area contributed by atoms with Crippen molar-refractivity contribution in [3.63, 3.8) is 0 Å². The number of halogens is 3. The van der Waals surface area contributed by atoms with Gasteiger partial charge in [-0.15, -0.1) is 0 Å². The zero-order valence-electron chi connectivity index (χ0n) is 13.8. The molecule has 2 aromatic rings. The minimum absolute atomic E-state index is 0.0940. The summed E-state index contributed by atoms with van der Waals surface area (Å²) in [6.07, 6.45) is -1.11. The standard InChI is InChI=1S/C17H20F3N3O/c1-11(2)15(16-21-7-8-23(16)3)22-14(24)10-12-5-4-6-13(9-12)17(18,19)20/h4-9,11,15H,10H2,1-3H3,(H,22,24)/t15-/m0/s1. The van der Waals surface area contributed by atoms with Crippen molar-refractivity contribution in [3.8, 4) is 0 Å². The van der Waals surface area contributed by atoms with Crippen molar-refractivity contribution >= 4 is 5.91 Å². The van der Waals surface area contributed by atoms with E-state index in [1.54, 1.807) is 12.4 Å². The summed E-state index contributed by atoms with van der Waals surface area (Å²) < 4.78 is 40.0. The molecule has 0 aliphatic rings. The number of amides is 1. The van der Waals surface area contributed by atoms with Gasteiger partial charge in [0, 0.05) is 19.4 Å². The fourth-order valence-electron chi connectivity index (χ4n) is 2.47. The summed E-state index contributed by atoms with van der Waals surface area (Å²) in [5.41, 5.74) is -0.429. The summed E-state index contributed by atoms with van der Waals surface area (Å²) in [6.45, 7) is 3.90. The maximum atomic E-state index is 12.7. The molecule has 1 atom stereocenters. The molecule has 0 fully saturated rings. The lowest BCUT2D eigenvalue weighted by Crippen LogP contribution is -2.34. The topological polar surface area (TPSA) is 46.9 Å². The van der Waals surface area contributed by atoms with Gasteiger partial charge in [0.2, 0.25) is 5.91 Å². The van der Waals surface area contributed by atoms with Crippen molar-refractivity contribution in [2.45, 2.75) is 32.5 Å². The van der Waals surface area contributed by atoms with Crippen LogP contribution < -0.4 is 5.32 Å². The number of carbonyl (C=O) groups excluding carboxylic acids is 1. The first kappa shape index (κ1) is 18.0. The largest absolute Gasteiger partial charge is 0.416 e. The number of rotatable bonds is 5. The molecule has 1 amide bonds. The highest BCUT2D eigenvalue weighted by atomic mass is 19.4. The summed E-state index contributed by atoms with van der Waals surface area (Å²) in [5, 5.41) is 2.86. The second kappa shape index (κ2) is 7.07. The maximum Gasteiger partial charge on any atom is 0.416 e. The predicted molar refractivity (Wildman–Crippen MR) is 84.1 cm³/mol. The van der Waals surface area contributed by atoms with Gasteiger partial charge in [0.1, 0.15) is 5.82 Å². The Morgan fingerprint density at radius 2 is 2.04 bits per heavy atom. The highest BCUT2D eigenvalue weighted by Crippen LogP contribution is 2.29. The van der Waals surface area contributed by atoms with Crippen molar-refractivity contribution in [2.24, 2.45) is 13.0 Å². The molecule has 130 valence electrons. The lowest BCUT2D eigenvalue weighted by Gasteiger charge is -2.22. The van der Waals surface area contributed by atoms with Crippen LogP contribution in [0.25, 0.3) is 0 Å². The zero-order valence-corrected chi connectivity index (χ0v) is 13.8. The van der Waals surface area contributed by atoms with Gasteiger partial charge in [0.15, 0.2) is 0 Å². The molecule has 1 aromatic heterocycles. The summed E-state index contributed by atoms with van der Waals surface area (Å²) >= 11 is 0. The number of aryl methyl sites for hydroxylation is 1. The molecule has 0 spiro atoms. The SMILES string of the molecule is CC(C)[C@H](NC(=O)Cc1cccc(C(F)(F)F)c1)c1nccn1C. The van der Waals surface area contributed by atoms with Gasteiger partial charge in [-0.05, 0) is 17.5 Å². The molecule has 24 heavy (non-hydrogen) atoms. The van der Waals surface area contributed by atoms with Crippen molar-refractivity contribution < 1.29 is 18.0 Å². The first-order valence-corrected chi connectivity index (χ1v) is 7.61. The molecule has 4 nitrogen and oxygen atoms in total. The number of nitrogens with one attached hydrogen (secondary N) is 1. The molecule has 1 N–H and O–H groups in total. The Kier molecular flexibility index (Phi) is 5.31. The van der Waals surface area contributed by atoms with Crippen molar-refractivity contribution in [1.29, 1.82) is 0 Å². The predicted octanol–water partition coefficient (Wildman–Crippen LogP) is 3.49. The van der Waals surface area contributed by atoms with E-state index in [2.05, 4.69) is 10.3 Å². The molecule has 0 aliphatic heterocycles. The van der Waals surface area contributed by atoms with Crippen LogP contribution in [0.4, 0.5) is 13.2 Å². The molecule has 0 bridgehead atoms. The summed E-state index contributed by atoms with van der Waals surface area (Å²) in [7, 11) is 1.83. The van der Waals surface area contributed by atoms with E-state index in [-0.39, 0.29) is 24.3 Å². The normalized spacial score (nSPS) is 13.1. The number of hydrogen-bond donors (Lipinski definition) is 1. The Morgan fingerprint density at radius 1 is 1.33 bits per heavy atom. The fraction of sp³-hybridized carbons (Fsp3) is 0.412. The van der Waals surface area contributed by atoms with Gasteiger partial charge in [-0.2, -0.15) is 13.2 Å². The van der Waals surface area contributed by atoms with Crippen LogP contribution >= 0.6 is 0 Å². The summed E-state index contributed by atoms with van der Waals surface area (Å²) in [5.74, 6) is 0.468. The smallest absolute Gasteiger partial charge is 0.346 e. The van der Waals surface area contributed by atoms with E-state index in [1.807, 2.05) is 25.5 Å². The maximum absolute atomic E-state index is 12.7. The van der Waals surface area contributed by atoms with Gasteiger partial charge in [0.25, 0.3) is 0 Å². The fourth-order valence-corrected chi connectivity index (χ4v) is 2.47. The number of nitrogens with zero attached hydrogens (tertiary/aromatic N) is 2. The van der Waals surface area contributed by atoms with E-state index in [4.69, 9.17) is 0 Å². The van der Waals surface area contributed by atoms with Crippen LogP contribution in [0.1, 0.15) is 36.8 Å². The zero-order chi connectivity index (χ0) is 17.9. The first-order chi connectivity index (χ1) is 11.2. The molecule has 1 aromatic carbocycles. The third-order valence-corrected chi connectivity index (χ3v) is 3.74. The van der Waals surface area contributed by atoms with Crippen LogP contribution in [0.5, 0.6) is 0 Å². The van der Waals surface area contributed by atoms with E-state index >= 15 is 0 Å². The molecule has 0 aliphatic carbocycles. The van der Waals surface area contributed by atoms with Crippen LogP contribution in [-0.4, -0.2) is 15.5 Å². The van der Waals surface area contributed by atoms with Crippen LogP contribution in [0.3, 0.4) is 0 Å². The van der Waals surface area contributed by atoms with Crippen molar-refractivity contribution in [1.82, 2.24) is 14.9 Å². The van der Waals surface area contributed by atoms with Crippen LogP contribution in [0.15, 0.2) is 36.7 Å². The molecular formula is C17H20F3N3O. The number of hydrogen-bond acceptors (Lipinski definition) is 2. The average Bonchev–Trinajstić information content (AvgIpc) is 2.90. The number of imidazole rings is 1. The van der Waals surface area contributed by atoms with E-state index < -0.39 is 11.7 Å². The Labute approximate surface area is 138 Å². The second-order valence-corrected chi connectivity index (χ2v) is 6.06. The van der Waals surface area contributed by atoms with Crippen LogP contribution in [-0.2, 0) is 24.4 Å². The highest BCUT2D eigenvalue weighted by Gasteiger charge is 2.30. The number of benzene rings is 1. The first-order valence-electron chi connectivity index (χ1n) is 7.61. The summed E-state index contributed by atoms with van der Waals surface area (Å²) in [4.78, 5) is 16.5. The van der Waals surface area contributed by atoms with Gasteiger partial charge in [-0.1, -0.05) is 32.0 Å². The second-order valence-electron chi connectivity index (χ2n) is 6.06. The third-order valence-electron chi connectivity index (χ3n) is 3.74. The number of carbonyl (C=O) groups is 1. The molecular weight excluding hydrogens is 319 g/mol. The minimum Gasteiger partial charge on any atom is -0.346 e. The summed E-state index contributed by atoms with van der Waals surface area (Å²) in [6, 6.07) is 4.52. The number of aromatic nitrogens is 2. The van der Waals surface area contributed by atoms with Gasteiger partial charge in [-0.25, -0.2) is 4.98 Å². The van der Waals surface area contributed by atoms with E-state index in [0.717, 1.165) is 12.1 Å². The number of alkyl halides is 3. The molecule has 0 saturated heterocycles. The van der Waals surface area contributed by atoms with Crippen LogP contribution in [0.2, 0.25) is 0 Å². The van der Waals surface area contributed by atoms with Crippen molar-refractivity contribution in [3.05, 3.63) is 53.6 Å². The Balaban J connectivity index is 2.11. The quantitative estimate of drug-likeness (QED) is 0.906. The Hall–Kier alpha value is -2.31. The van der Waals surface area contributed by atoms with Gasteiger partial charge >= 0.3 is 6.18 Å². The molecule has 0 saturated carbocycles. The molecule has 1 heterocycles. The van der Waals surface area contributed by atoms with E-state index in [0.29, 0.717) is 11.4 Å². The molecule has 0 unspecified atom stereocenters. The average molecular weight is 339 g/mol. The van der Waals surface area contributed by atoms with Crippen molar-refractivity contribution in [2.75, 3.05) is 0 Å². The van der Waals surface area contributed by atoms with Gasteiger partial charge in [0.05, 0.1) is 18.0 Å². The van der Waals surface area contributed by atoms with E-state index in [9.17, 15) is 18.0 Å². The third kappa shape index (κ3) is 4.37. The Morgan fingerprint density at radius 3 is 2.58 bits per heavy atom. The molecule has 0 radical (unpaired) electrons.